The van der Waals surface area contributed by atoms with Crippen molar-refractivity contribution in [2.24, 2.45) is 0 Å². The van der Waals surface area contributed by atoms with Crippen LogP contribution < -0.4 is 10.1 Å². The highest BCUT2D eigenvalue weighted by Crippen LogP contribution is 2.29. The maximum atomic E-state index is 12.1. The molecule has 0 unspecified atom stereocenters. The van der Waals surface area contributed by atoms with Crippen LogP contribution in [0.1, 0.15) is 37.1 Å². The monoisotopic (exact) mass is 371 g/mol. The van der Waals surface area contributed by atoms with E-state index in [1.807, 2.05) is 31.2 Å². The van der Waals surface area contributed by atoms with Crippen LogP contribution in [0, 0.1) is 18.3 Å². The Morgan fingerprint density at radius 2 is 2.19 bits per heavy atom. The van der Waals surface area contributed by atoms with E-state index in [1.54, 1.807) is 0 Å². The van der Waals surface area contributed by atoms with Gasteiger partial charge in [-0.05, 0) is 44.2 Å². The van der Waals surface area contributed by atoms with Gasteiger partial charge in [0.2, 0.25) is 11.1 Å². The fourth-order valence-corrected chi connectivity index (χ4v) is 3.57. The number of rotatable bonds is 7. The van der Waals surface area contributed by atoms with E-state index in [9.17, 15) is 10.1 Å². The minimum absolute atomic E-state index is 0.166. The van der Waals surface area contributed by atoms with Crippen molar-refractivity contribution in [1.29, 1.82) is 5.26 Å². The number of nitrogens with one attached hydrogen (secondary N) is 2. The minimum Gasteiger partial charge on any atom is -0.485 e. The molecule has 1 aliphatic carbocycles. The standard InChI is InChI=1S/C18H21N5O2S/c1-13-6-2-3-7-14(13)25-10-15-20-17(23-22-15)26-11-16(24)21-18(12-19)8-4-5-9-18/h2-3,6-7H,4-5,8-11H2,1H3,(H,21,24)(H,20,22,23). The third-order valence-corrected chi connectivity index (χ3v) is 5.20. The first-order valence-electron chi connectivity index (χ1n) is 8.55. The molecule has 0 aliphatic heterocycles. The van der Waals surface area contributed by atoms with Gasteiger partial charge in [0.15, 0.2) is 5.82 Å². The van der Waals surface area contributed by atoms with Gasteiger partial charge < -0.3 is 10.1 Å². The number of aryl methyl sites for hydroxylation is 1. The Morgan fingerprint density at radius 1 is 1.42 bits per heavy atom. The van der Waals surface area contributed by atoms with Gasteiger partial charge in [0.1, 0.15) is 17.9 Å². The van der Waals surface area contributed by atoms with Crippen LogP contribution in [-0.4, -0.2) is 32.4 Å². The number of hydrogen-bond acceptors (Lipinski definition) is 6. The number of para-hydroxylation sites is 1. The summed E-state index contributed by atoms with van der Waals surface area (Å²) in [6.07, 6.45) is 3.40. The lowest BCUT2D eigenvalue weighted by Crippen LogP contribution is -2.45. The van der Waals surface area contributed by atoms with Crippen molar-refractivity contribution in [1.82, 2.24) is 20.5 Å². The van der Waals surface area contributed by atoms with Gasteiger partial charge in [0.05, 0.1) is 11.8 Å². The maximum Gasteiger partial charge on any atom is 0.231 e. The number of amides is 1. The molecule has 0 saturated heterocycles. The summed E-state index contributed by atoms with van der Waals surface area (Å²) >= 11 is 1.24. The quantitative estimate of drug-likeness (QED) is 0.725. The Labute approximate surface area is 156 Å². The topological polar surface area (TPSA) is 104 Å². The number of carbonyl (C=O) groups is 1. The van der Waals surface area contributed by atoms with E-state index in [4.69, 9.17) is 4.74 Å². The van der Waals surface area contributed by atoms with Crippen LogP contribution in [0.3, 0.4) is 0 Å². The summed E-state index contributed by atoms with van der Waals surface area (Å²) in [5.41, 5.74) is 0.361. The molecular weight excluding hydrogens is 350 g/mol. The smallest absolute Gasteiger partial charge is 0.231 e. The van der Waals surface area contributed by atoms with Crippen LogP contribution in [-0.2, 0) is 11.4 Å². The van der Waals surface area contributed by atoms with Gasteiger partial charge >= 0.3 is 0 Å². The van der Waals surface area contributed by atoms with Crippen LogP contribution in [0.2, 0.25) is 0 Å². The number of carbonyl (C=O) groups excluding carboxylic acids is 1. The number of nitriles is 1. The summed E-state index contributed by atoms with van der Waals surface area (Å²) in [5, 5.41) is 19.6. The zero-order chi connectivity index (χ0) is 18.4. The van der Waals surface area contributed by atoms with Gasteiger partial charge in [-0.25, -0.2) is 4.98 Å². The molecule has 3 rings (SSSR count). The lowest BCUT2D eigenvalue weighted by molar-refractivity contribution is -0.119. The molecule has 136 valence electrons. The number of benzene rings is 1. The van der Waals surface area contributed by atoms with Crippen LogP contribution in [0.15, 0.2) is 29.4 Å². The minimum atomic E-state index is -0.691. The SMILES string of the molecule is Cc1ccccc1OCc1nc(SCC(=O)NC2(C#N)CCCC2)n[nH]1. The van der Waals surface area contributed by atoms with Gasteiger partial charge in [-0.3, -0.25) is 9.89 Å². The van der Waals surface area contributed by atoms with Gasteiger partial charge in [0, 0.05) is 0 Å². The second kappa shape index (κ2) is 8.23. The van der Waals surface area contributed by atoms with Crippen molar-refractivity contribution >= 4 is 17.7 Å². The van der Waals surface area contributed by atoms with Gasteiger partial charge in [-0.1, -0.05) is 30.0 Å². The molecule has 2 aromatic rings. The Kier molecular flexibility index (Phi) is 5.78. The molecule has 1 aromatic carbocycles. The van der Waals surface area contributed by atoms with Crippen molar-refractivity contribution in [3.8, 4) is 11.8 Å². The zero-order valence-electron chi connectivity index (χ0n) is 14.6. The summed E-state index contributed by atoms with van der Waals surface area (Å²) in [6.45, 7) is 2.26. The number of nitrogens with zero attached hydrogens (tertiary/aromatic N) is 3. The third kappa shape index (κ3) is 4.55. The van der Waals surface area contributed by atoms with Crippen LogP contribution in [0.4, 0.5) is 0 Å². The first-order chi connectivity index (χ1) is 12.6. The molecule has 26 heavy (non-hydrogen) atoms. The summed E-state index contributed by atoms with van der Waals surface area (Å²) in [6, 6.07) is 10.0. The van der Waals surface area contributed by atoms with E-state index in [1.165, 1.54) is 11.8 Å². The first-order valence-corrected chi connectivity index (χ1v) is 9.53. The Hall–Kier alpha value is -2.53. The summed E-state index contributed by atoms with van der Waals surface area (Å²) < 4.78 is 5.72. The highest BCUT2D eigenvalue weighted by molar-refractivity contribution is 7.99. The summed E-state index contributed by atoms with van der Waals surface area (Å²) in [7, 11) is 0. The second-order valence-electron chi connectivity index (χ2n) is 6.36. The number of ether oxygens (including phenoxy) is 1. The molecule has 0 bridgehead atoms. The van der Waals surface area contributed by atoms with Crippen LogP contribution in [0.25, 0.3) is 0 Å². The van der Waals surface area contributed by atoms with Gasteiger partial charge in [-0.15, -0.1) is 5.10 Å². The van der Waals surface area contributed by atoms with Crippen molar-refractivity contribution < 1.29 is 9.53 Å². The Morgan fingerprint density at radius 3 is 2.92 bits per heavy atom. The zero-order valence-corrected chi connectivity index (χ0v) is 15.4. The Balaban J connectivity index is 1.47. The van der Waals surface area contributed by atoms with Gasteiger partial charge in [0.25, 0.3) is 0 Å². The average Bonchev–Trinajstić information content (AvgIpc) is 3.29. The predicted molar refractivity (Wildman–Crippen MR) is 97.6 cm³/mol. The highest BCUT2D eigenvalue weighted by Gasteiger charge is 2.35. The molecule has 0 spiro atoms. The van der Waals surface area contributed by atoms with Crippen molar-refractivity contribution in [3.63, 3.8) is 0 Å². The average molecular weight is 371 g/mol. The number of thioether (sulfide) groups is 1. The fourth-order valence-electron chi connectivity index (χ4n) is 2.95. The van der Waals surface area contributed by atoms with Gasteiger partial charge in [-0.2, -0.15) is 5.26 Å². The second-order valence-corrected chi connectivity index (χ2v) is 7.30. The van der Waals surface area contributed by atoms with E-state index in [-0.39, 0.29) is 18.3 Å². The highest BCUT2D eigenvalue weighted by atomic mass is 32.2. The lowest BCUT2D eigenvalue weighted by atomic mass is 10.0. The summed E-state index contributed by atoms with van der Waals surface area (Å²) in [4.78, 5) is 16.4. The molecule has 0 atom stereocenters. The molecule has 2 N–H and O–H groups in total. The predicted octanol–water partition coefficient (Wildman–Crippen LogP) is 2.74. The molecular formula is C18H21N5O2S. The molecule has 1 fully saturated rings. The Bertz CT molecular complexity index is 808. The fraction of sp³-hybridized carbons (Fsp3) is 0.444. The molecule has 1 aromatic heterocycles. The van der Waals surface area contributed by atoms with Crippen molar-refractivity contribution in [2.45, 2.75) is 49.9 Å². The molecule has 1 amide bonds. The van der Waals surface area contributed by atoms with E-state index < -0.39 is 5.54 Å². The summed E-state index contributed by atoms with van der Waals surface area (Å²) in [5.74, 6) is 1.41. The molecule has 0 radical (unpaired) electrons. The molecule has 1 aliphatic rings. The van der Waals surface area contributed by atoms with Crippen LogP contribution in [0.5, 0.6) is 5.75 Å². The number of aromatic amines is 1. The van der Waals surface area contributed by atoms with E-state index in [0.717, 1.165) is 37.0 Å². The molecule has 7 nitrogen and oxygen atoms in total. The molecule has 1 saturated carbocycles. The largest absolute Gasteiger partial charge is 0.485 e. The first kappa shape index (κ1) is 18.3. The van der Waals surface area contributed by atoms with Crippen molar-refractivity contribution in [2.75, 3.05) is 5.75 Å². The number of hydrogen-bond donors (Lipinski definition) is 2. The van der Waals surface area contributed by atoms with Crippen molar-refractivity contribution in [3.05, 3.63) is 35.7 Å². The number of H-pyrrole nitrogens is 1. The maximum absolute atomic E-state index is 12.1. The third-order valence-electron chi connectivity index (χ3n) is 4.35. The molecule has 8 heteroatoms. The van der Waals surface area contributed by atoms with E-state index in [2.05, 4.69) is 26.6 Å². The van der Waals surface area contributed by atoms with E-state index >= 15 is 0 Å². The number of aromatic nitrogens is 3. The van der Waals surface area contributed by atoms with E-state index in [0.29, 0.717) is 11.0 Å². The lowest BCUT2D eigenvalue weighted by Gasteiger charge is -2.21. The molecule has 1 heterocycles. The van der Waals surface area contributed by atoms with Crippen LogP contribution >= 0.6 is 11.8 Å². The normalized spacial score (nSPS) is 15.4.